The Kier molecular flexibility index (Phi) is 8.38. The summed E-state index contributed by atoms with van der Waals surface area (Å²) in [4.78, 5) is 26.5. The molecule has 4 heteroatoms. The fraction of sp³-hybridized carbons (Fsp3) is 0.862. The van der Waals surface area contributed by atoms with Gasteiger partial charge in [0.05, 0.1) is 11.3 Å². The first-order valence-electron chi connectivity index (χ1n) is 13.7. The summed E-state index contributed by atoms with van der Waals surface area (Å²) < 4.78 is 12.4. The molecule has 2 unspecified atom stereocenters. The summed E-state index contributed by atoms with van der Waals surface area (Å²) in [6.45, 7) is 13.0. The van der Waals surface area contributed by atoms with Crippen molar-refractivity contribution >= 4 is 11.9 Å². The van der Waals surface area contributed by atoms with Crippen molar-refractivity contribution in [3.05, 3.63) is 12.2 Å². The zero-order valence-electron chi connectivity index (χ0n) is 22.1. The Bertz CT molecular complexity index is 707. The first-order valence-corrected chi connectivity index (χ1v) is 13.7. The number of esters is 2. The molecule has 33 heavy (non-hydrogen) atoms. The maximum absolute atomic E-state index is 13.3. The Hall–Kier alpha value is -1.32. The minimum absolute atomic E-state index is 0.0257. The fourth-order valence-corrected chi connectivity index (χ4v) is 6.36. The summed E-state index contributed by atoms with van der Waals surface area (Å²) in [6.07, 6.45) is 15.7. The molecule has 0 aromatic rings. The van der Waals surface area contributed by atoms with E-state index >= 15 is 0 Å². The third-order valence-corrected chi connectivity index (χ3v) is 9.31. The van der Waals surface area contributed by atoms with Crippen LogP contribution < -0.4 is 0 Å². The van der Waals surface area contributed by atoms with Gasteiger partial charge in [-0.05, 0) is 95.3 Å². The van der Waals surface area contributed by atoms with Crippen molar-refractivity contribution in [1.82, 2.24) is 0 Å². The van der Waals surface area contributed by atoms with Crippen molar-refractivity contribution in [2.24, 2.45) is 28.6 Å². The van der Waals surface area contributed by atoms with Crippen molar-refractivity contribution < 1.29 is 19.1 Å². The van der Waals surface area contributed by atoms with E-state index in [2.05, 4.69) is 53.7 Å². The number of carbonyl (C=O) groups excluding carboxylic acids is 2. The van der Waals surface area contributed by atoms with Crippen LogP contribution in [0.3, 0.4) is 0 Å². The molecule has 3 aliphatic rings. The van der Waals surface area contributed by atoms with Gasteiger partial charge in [-0.1, -0.05) is 46.8 Å². The zero-order valence-corrected chi connectivity index (χ0v) is 22.1. The molecule has 0 aromatic heterocycles. The molecule has 0 amide bonds. The number of hydrogen-bond acceptors (Lipinski definition) is 4. The lowest BCUT2D eigenvalue weighted by Gasteiger charge is -2.41. The standard InChI is InChI=1S/C29H48O4/c1-7-29(8-2,23-12-10-9-11-13-23)33-25(30)22-14-16-24(17-15-22)32-26(31)28(6,20-21(3)4)27(5)18-19-27/h10,12,21-24H,7-9,11,13-20H2,1-6H3. The summed E-state index contributed by atoms with van der Waals surface area (Å²) in [5, 5.41) is 0. The van der Waals surface area contributed by atoms with E-state index in [1.165, 1.54) is 6.42 Å². The van der Waals surface area contributed by atoms with Gasteiger partial charge in [-0.25, -0.2) is 0 Å². The first kappa shape index (κ1) is 26.3. The van der Waals surface area contributed by atoms with Crippen molar-refractivity contribution in [2.75, 3.05) is 0 Å². The fourth-order valence-electron chi connectivity index (χ4n) is 6.36. The van der Waals surface area contributed by atoms with Gasteiger partial charge in [0.15, 0.2) is 0 Å². The van der Waals surface area contributed by atoms with Crippen LogP contribution >= 0.6 is 0 Å². The Morgan fingerprint density at radius 2 is 1.70 bits per heavy atom. The number of ether oxygens (including phenoxy) is 2. The van der Waals surface area contributed by atoms with Gasteiger partial charge in [-0.15, -0.1) is 0 Å². The molecule has 0 bridgehead atoms. The minimum Gasteiger partial charge on any atom is -0.462 e. The molecule has 2 saturated carbocycles. The third kappa shape index (κ3) is 5.68. The van der Waals surface area contributed by atoms with E-state index in [4.69, 9.17) is 9.47 Å². The molecule has 4 nitrogen and oxygen atoms in total. The lowest BCUT2D eigenvalue weighted by atomic mass is 9.70. The van der Waals surface area contributed by atoms with Crippen LogP contribution in [0.25, 0.3) is 0 Å². The molecule has 0 saturated heterocycles. The minimum atomic E-state index is -0.410. The van der Waals surface area contributed by atoms with E-state index in [1.54, 1.807) is 0 Å². The Morgan fingerprint density at radius 1 is 1.06 bits per heavy atom. The van der Waals surface area contributed by atoms with Gasteiger partial charge in [0, 0.05) is 5.92 Å². The second-order valence-corrected chi connectivity index (χ2v) is 12.0. The van der Waals surface area contributed by atoms with Gasteiger partial charge in [0.2, 0.25) is 0 Å². The lowest BCUT2D eigenvalue weighted by molar-refractivity contribution is -0.175. The highest BCUT2D eigenvalue weighted by Crippen LogP contribution is 2.61. The van der Waals surface area contributed by atoms with Crippen LogP contribution in [0.15, 0.2) is 12.2 Å². The van der Waals surface area contributed by atoms with E-state index < -0.39 is 5.41 Å². The van der Waals surface area contributed by atoms with Crippen molar-refractivity contribution in [3.63, 3.8) is 0 Å². The molecule has 2 fully saturated rings. The Balaban J connectivity index is 1.55. The summed E-state index contributed by atoms with van der Waals surface area (Å²) in [5.41, 5.74) is -0.714. The van der Waals surface area contributed by atoms with Crippen molar-refractivity contribution in [2.45, 2.75) is 130 Å². The summed E-state index contributed by atoms with van der Waals surface area (Å²) >= 11 is 0. The van der Waals surface area contributed by atoms with Crippen LogP contribution in [0.2, 0.25) is 0 Å². The van der Waals surface area contributed by atoms with Gasteiger partial charge in [0.25, 0.3) is 0 Å². The Labute approximate surface area is 202 Å². The molecule has 0 aliphatic heterocycles. The van der Waals surface area contributed by atoms with E-state index in [9.17, 15) is 9.59 Å². The molecular weight excluding hydrogens is 412 g/mol. The molecule has 0 spiro atoms. The van der Waals surface area contributed by atoms with Crippen LogP contribution in [0.5, 0.6) is 0 Å². The van der Waals surface area contributed by atoms with E-state index in [0.717, 1.165) is 70.6 Å². The maximum Gasteiger partial charge on any atom is 0.312 e. The largest absolute Gasteiger partial charge is 0.462 e. The predicted molar refractivity (Wildman–Crippen MR) is 133 cm³/mol. The third-order valence-electron chi connectivity index (χ3n) is 9.31. The van der Waals surface area contributed by atoms with Crippen molar-refractivity contribution in [1.29, 1.82) is 0 Å². The van der Waals surface area contributed by atoms with Crippen LogP contribution in [-0.4, -0.2) is 23.6 Å². The van der Waals surface area contributed by atoms with Gasteiger partial charge < -0.3 is 9.47 Å². The molecule has 0 heterocycles. The van der Waals surface area contributed by atoms with Crippen molar-refractivity contribution in [3.8, 4) is 0 Å². The first-order chi connectivity index (χ1) is 15.6. The highest BCUT2D eigenvalue weighted by atomic mass is 16.6. The summed E-state index contributed by atoms with van der Waals surface area (Å²) in [7, 11) is 0. The number of carbonyl (C=O) groups is 2. The normalized spacial score (nSPS) is 28.8. The van der Waals surface area contributed by atoms with Crippen LogP contribution in [0.4, 0.5) is 0 Å². The highest BCUT2D eigenvalue weighted by Gasteiger charge is 2.58. The van der Waals surface area contributed by atoms with E-state index in [-0.39, 0.29) is 35.0 Å². The van der Waals surface area contributed by atoms with E-state index in [1.807, 2.05) is 0 Å². The lowest BCUT2D eigenvalue weighted by Crippen LogP contribution is -2.44. The average Bonchev–Trinajstić information content (AvgIpc) is 3.57. The quantitative estimate of drug-likeness (QED) is 0.252. The molecule has 0 radical (unpaired) electrons. The van der Waals surface area contributed by atoms with Gasteiger partial charge in [-0.2, -0.15) is 0 Å². The second-order valence-electron chi connectivity index (χ2n) is 12.0. The van der Waals surface area contributed by atoms with Crippen LogP contribution in [-0.2, 0) is 19.1 Å². The monoisotopic (exact) mass is 460 g/mol. The summed E-state index contributed by atoms with van der Waals surface area (Å²) in [5.74, 6) is 0.639. The average molecular weight is 461 g/mol. The molecule has 0 aromatic carbocycles. The molecular formula is C29H48O4. The molecule has 2 atom stereocenters. The van der Waals surface area contributed by atoms with Gasteiger partial charge >= 0.3 is 11.9 Å². The molecule has 0 N–H and O–H groups in total. The molecule has 3 aliphatic carbocycles. The topological polar surface area (TPSA) is 52.6 Å². The predicted octanol–water partition coefficient (Wildman–Crippen LogP) is 7.40. The SMILES string of the molecule is CCC(CC)(OC(=O)C1CCC(OC(=O)C(C)(CC(C)C)C2(C)CC2)CC1)C1C=CCCC1. The van der Waals surface area contributed by atoms with Gasteiger partial charge in [-0.3, -0.25) is 9.59 Å². The summed E-state index contributed by atoms with van der Waals surface area (Å²) in [6, 6.07) is 0. The van der Waals surface area contributed by atoms with Crippen LogP contribution in [0.1, 0.15) is 119 Å². The number of hydrogen-bond donors (Lipinski definition) is 0. The van der Waals surface area contributed by atoms with Crippen LogP contribution in [0, 0.1) is 28.6 Å². The molecule has 188 valence electrons. The second kappa shape index (κ2) is 10.5. The van der Waals surface area contributed by atoms with Gasteiger partial charge in [0.1, 0.15) is 11.7 Å². The maximum atomic E-state index is 13.3. The molecule has 3 rings (SSSR count). The Morgan fingerprint density at radius 3 is 2.18 bits per heavy atom. The van der Waals surface area contributed by atoms with E-state index in [0.29, 0.717) is 11.8 Å². The highest BCUT2D eigenvalue weighted by molar-refractivity contribution is 5.78. The smallest absolute Gasteiger partial charge is 0.312 e. The number of rotatable bonds is 10. The zero-order chi connectivity index (χ0) is 24.3. The number of allylic oxidation sites excluding steroid dienone is 1.